The zero-order valence-corrected chi connectivity index (χ0v) is 24.5. The van der Waals surface area contributed by atoms with Crippen molar-refractivity contribution in [3.05, 3.63) is 56.6 Å². The largest absolute Gasteiger partial charge is 0.492 e. The van der Waals surface area contributed by atoms with Crippen LogP contribution in [0, 0.1) is 0 Å². The molecule has 12 heteroatoms. The summed E-state index contributed by atoms with van der Waals surface area (Å²) in [7, 11) is 4.18. The number of aliphatic hydroxyl groups is 2. The Hall–Kier alpha value is -3.71. The van der Waals surface area contributed by atoms with Crippen molar-refractivity contribution in [2.75, 3.05) is 27.9 Å². The lowest BCUT2D eigenvalue weighted by Crippen LogP contribution is -2.77. The third-order valence-electron chi connectivity index (χ3n) is 9.22. The Bertz CT molecular complexity index is 1490. The van der Waals surface area contributed by atoms with Gasteiger partial charge in [0.15, 0.2) is 23.1 Å². The topological polar surface area (TPSA) is 160 Å². The molecule has 0 radical (unpaired) electrons. The SMILES string of the molecule is C/C=C(/C)C(=O)OC[C@H]1C2=C(C[C@H]3[C@H]4C5=C(C(=O)C(C)=C(OC)C5=O)[C@@H](O)[C@@H]([C@H](O)N13)N4C)C(=O)C(C)=C(OC)C2=O. The molecular weight excluding hydrogens is 548 g/mol. The van der Waals surface area contributed by atoms with Crippen LogP contribution in [0.25, 0.3) is 0 Å². The molecule has 224 valence electrons. The van der Waals surface area contributed by atoms with Crippen molar-refractivity contribution in [1.82, 2.24) is 9.80 Å². The standard InChI is InChI=1S/C30H34N2O10/c1-8-11(2)30(39)42-10-16-17-14(22(33)12(3)27(40-6)25(17)36)9-15-20-18-19(23(34)13(4)28(41-7)26(18)37)24(35)21(31(20)5)29(38)32(15)16/h8,15-16,20-21,24,29,35,38H,9-10H2,1-7H3/b11-8-/t15-,16-,20-,21-,24+,29-/m0/s1. The number of allylic oxidation sites excluding steroid dienone is 5. The number of hydrogen-bond acceptors (Lipinski definition) is 12. The number of esters is 1. The van der Waals surface area contributed by atoms with Gasteiger partial charge >= 0.3 is 5.97 Å². The van der Waals surface area contributed by atoms with Crippen LogP contribution in [0.15, 0.2) is 56.6 Å². The predicted octanol–water partition coefficient (Wildman–Crippen LogP) is 0.0518. The van der Waals surface area contributed by atoms with Gasteiger partial charge in [0.05, 0.1) is 32.3 Å². The zero-order chi connectivity index (χ0) is 30.9. The van der Waals surface area contributed by atoms with E-state index >= 15 is 0 Å². The summed E-state index contributed by atoms with van der Waals surface area (Å²) in [5, 5.41) is 23.3. The van der Waals surface area contributed by atoms with Crippen LogP contribution in [-0.4, -0.2) is 113 Å². The first-order valence-electron chi connectivity index (χ1n) is 13.6. The molecule has 12 nitrogen and oxygen atoms in total. The zero-order valence-electron chi connectivity index (χ0n) is 24.5. The number of ether oxygens (including phenoxy) is 3. The summed E-state index contributed by atoms with van der Waals surface area (Å²) in [6.45, 7) is 5.74. The molecule has 42 heavy (non-hydrogen) atoms. The van der Waals surface area contributed by atoms with E-state index in [9.17, 15) is 34.2 Å². The average Bonchev–Trinajstić information content (AvgIpc) is 2.96. The second kappa shape index (κ2) is 10.5. The fourth-order valence-electron chi connectivity index (χ4n) is 7.06. The Kier molecular flexibility index (Phi) is 7.46. The number of nitrogens with zero attached hydrogens (tertiary/aromatic N) is 2. The van der Waals surface area contributed by atoms with Crippen molar-refractivity contribution >= 4 is 29.1 Å². The van der Waals surface area contributed by atoms with E-state index in [1.807, 2.05) is 0 Å². The number of methoxy groups -OCH3 is 2. The van der Waals surface area contributed by atoms with E-state index in [4.69, 9.17) is 14.2 Å². The van der Waals surface area contributed by atoms with Crippen molar-refractivity contribution in [2.45, 2.75) is 70.6 Å². The van der Waals surface area contributed by atoms with Gasteiger partial charge in [0.1, 0.15) is 18.9 Å². The van der Waals surface area contributed by atoms with Crippen LogP contribution in [0.1, 0.15) is 34.1 Å². The molecule has 2 N–H and O–H groups in total. The van der Waals surface area contributed by atoms with Crippen LogP contribution in [-0.2, 0) is 38.2 Å². The summed E-state index contributed by atoms with van der Waals surface area (Å²) in [4.78, 5) is 70.5. The number of piperazine rings is 1. The van der Waals surface area contributed by atoms with E-state index in [0.717, 1.165) is 0 Å². The molecule has 0 spiro atoms. The maximum atomic E-state index is 13.8. The van der Waals surface area contributed by atoms with Gasteiger partial charge in [-0.3, -0.25) is 29.0 Å². The quantitative estimate of drug-likeness (QED) is 0.255. The third kappa shape index (κ3) is 3.93. The van der Waals surface area contributed by atoms with Gasteiger partial charge in [0.25, 0.3) is 0 Å². The Balaban J connectivity index is 1.70. The molecule has 0 unspecified atom stereocenters. The fourth-order valence-corrected chi connectivity index (χ4v) is 7.06. The van der Waals surface area contributed by atoms with Crippen molar-refractivity contribution in [3.63, 3.8) is 0 Å². The minimum absolute atomic E-state index is 0.0135. The van der Waals surface area contributed by atoms with Gasteiger partial charge in [-0.15, -0.1) is 0 Å². The van der Waals surface area contributed by atoms with E-state index < -0.39 is 72.2 Å². The van der Waals surface area contributed by atoms with Crippen LogP contribution < -0.4 is 0 Å². The lowest BCUT2D eigenvalue weighted by atomic mass is 9.68. The van der Waals surface area contributed by atoms with Gasteiger partial charge < -0.3 is 24.4 Å². The number of carbonyl (C=O) groups is 5. The summed E-state index contributed by atoms with van der Waals surface area (Å²) in [6, 6.07) is -3.93. The lowest BCUT2D eigenvalue weighted by molar-refractivity contribution is -0.187. The first-order chi connectivity index (χ1) is 19.8. The van der Waals surface area contributed by atoms with E-state index in [0.29, 0.717) is 5.57 Å². The molecule has 6 atom stereocenters. The Morgan fingerprint density at radius 1 is 0.929 bits per heavy atom. The number of rotatable bonds is 5. The van der Waals surface area contributed by atoms with Crippen molar-refractivity contribution < 1.29 is 48.4 Å². The van der Waals surface area contributed by atoms with E-state index in [-0.39, 0.29) is 51.4 Å². The molecule has 1 fully saturated rings. The molecule has 2 bridgehead atoms. The molecule has 1 saturated heterocycles. The first-order valence-corrected chi connectivity index (χ1v) is 13.6. The van der Waals surface area contributed by atoms with E-state index in [2.05, 4.69) is 0 Å². The molecule has 5 aliphatic rings. The van der Waals surface area contributed by atoms with Crippen molar-refractivity contribution in [2.24, 2.45) is 0 Å². The van der Waals surface area contributed by atoms with Gasteiger partial charge in [-0.1, -0.05) is 6.08 Å². The minimum Gasteiger partial charge on any atom is -0.492 e. The molecule has 5 rings (SSSR count). The second-order valence-electron chi connectivity index (χ2n) is 11.1. The van der Waals surface area contributed by atoms with Crippen LogP contribution in [0.2, 0.25) is 0 Å². The number of ketones is 4. The number of aliphatic hydroxyl groups excluding tert-OH is 2. The Morgan fingerprint density at radius 3 is 2.07 bits per heavy atom. The molecular formula is C30H34N2O10. The highest BCUT2D eigenvalue weighted by molar-refractivity contribution is 6.26. The highest BCUT2D eigenvalue weighted by Crippen LogP contribution is 2.48. The van der Waals surface area contributed by atoms with E-state index in [1.54, 1.807) is 31.9 Å². The maximum Gasteiger partial charge on any atom is 0.333 e. The van der Waals surface area contributed by atoms with Crippen LogP contribution in [0.3, 0.4) is 0 Å². The predicted molar refractivity (Wildman–Crippen MR) is 145 cm³/mol. The molecule has 0 aromatic heterocycles. The molecule has 0 aromatic carbocycles. The number of Topliss-reactive ketones (excluding diaryl/α,β-unsaturated/α-hetero) is 4. The van der Waals surface area contributed by atoms with E-state index in [1.165, 1.54) is 33.0 Å². The van der Waals surface area contributed by atoms with Crippen LogP contribution >= 0.6 is 0 Å². The van der Waals surface area contributed by atoms with Gasteiger partial charge in [0.2, 0.25) is 11.6 Å². The molecule has 0 aromatic rings. The number of hydrogen-bond donors (Lipinski definition) is 2. The van der Waals surface area contributed by atoms with Crippen molar-refractivity contribution in [3.8, 4) is 0 Å². The highest BCUT2D eigenvalue weighted by atomic mass is 16.5. The minimum atomic E-state index is -1.56. The van der Waals surface area contributed by atoms with Crippen LogP contribution in [0.4, 0.5) is 0 Å². The second-order valence-corrected chi connectivity index (χ2v) is 11.1. The highest BCUT2D eigenvalue weighted by Gasteiger charge is 2.62. The Labute approximate surface area is 242 Å². The number of likely N-dealkylation sites (N-methyl/N-ethyl adjacent to an activating group) is 1. The fraction of sp³-hybridized carbons (Fsp3) is 0.500. The van der Waals surface area contributed by atoms with Crippen LogP contribution in [0.5, 0.6) is 0 Å². The lowest BCUT2D eigenvalue weighted by Gasteiger charge is -2.61. The molecule has 3 aliphatic heterocycles. The molecule has 2 aliphatic carbocycles. The van der Waals surface area contributed by atoms with Gasteiger partial charge in [-0.25, -0.2) is 4.79 Å². The average molecular weight is 583 g/mol. The van der Waals surface area contributed by atoms with Gasteiger partial charge in [0, 0.05) is 45.1 Å². The van der Waals surface area contributed by atoms with Crippen molar-refractivity contribution in [1.29, 1.82) is 0 Å². The summed E-state index contributed by atoms with van der Waals surface area (Å²) in [5.74, 6) is -3.10. The Morgan fingerprint density at radius 2 is 1.50 bits per heavy atom. The summed E-state index contributed by atoms with van der Waals surface area (Å²) in [6.07, 6.45) is -1.55. The summed E-state index contributed by atoms with van der Waals surface area (Å²) >= 11 is 0. The third-order valence-corrected chi connectivity index (χ3v) is 9.22. The smallest absolute Gasteiger partial charge is 0.333 e. The van der Waals surface area contributed by atoms with Gasteiger partial charge in [-0.2, -0.15) is 0 Å². The number of carbonyl (C=O) groups excluding carboxylic acids is 5. The maximum absolute atomic E-state index is 13.8. The first kappa shape index (κ1) is 29.8. The monoisotopic (exact) mass is 582 g/mol. The summed E-state index contributed by atoms with van der Waals surface area (Å²) in [5.41, 5.74) is 0.560. The molecule has 3 heterocycles. The molecule has 0 saturated carbocycles. The molecule has 0 amide bonds. The van der Waals surface area contributed by atoms with Gasteiger partial charge in [-0.05, 0) is 41.2 Å². The number of fused-ring (bicyclic) bond motifs is 5. The normalized spacial score (nSPS) is 32.3. The summed E-state index contributed by atoms with van der Waals surface area (Å²) < 4.78 is 16.2.